The van der Waals surface area contributed by atoms with Gasteiger partial charge in [-0.15, -0.1) is 0 Å². The Kier molecular flexibility index (Phi) is 8.70. The number of ether oxygens (including phenoxy) is 3. The maximum absolute atomic E-state index is 13.8. The van der Waals surface area contributed by atoms with Gasteiger partial charge in [0.25, 0.3) is 11.8 Å². The summed E-state index contributed by atoms with van der Waals surface area (Å²) in [4.78, 5) is 28.2. The molecule has 198 valence electrons. The summed E-state index contributed by atoms with van der Waals surface area (Å²) in [5.41, 5.74) is 2.64. The molecule has 0 aliphatic carbocycles. The van der Waals surface area contributed by atoms with E-state index in [1.165, 1.54) is 35.2 Å². The van der Waals surface area contributed by atoms with E-state index in [0.717, 1.165) is 28.7 Å². The molecule has 0 aromatic heterocycles. The van der Waals surface area contributed by atoms with Crippen LogP contribution >= 0.6 is 0 Å². The van der Waals surface area contributed by atoms with Gasteiger partial charge in [-0.25, -0.2) is 9.40 Å². The number of carbonyl (C=O) groups excluding carboxylic acids is 2. The SMILES string of the molecule is COCCN(CC(=O)N1N=C(c2ccc(OC)cc2)C[C@H]1c1ccc(OC)cc1)C(=O)c1cccc(F)c1. The molecule has 0 saturated heterocycles. The first-order chi connectivity index (χ1) is 18.4. The van der Waals surface area contributed by atoms with Gasteiger partial charge in [0.15, 0.2) is 0 Å². The van der Waals surface area contributed by atoms with Gasteiger partial charge in [0.1, 0.15) is 23.9 Å². The monoisotopic (exact) mass is 519 g/mol. The second-order valence-electron chi connectivity index (χ2n) is 8.74. The van der Waals surface area contributed by atoms with Crippen LogP contribution in [-0.2, 0) is 9.53 Å². The Balaban J connectivity index is 1.63. The van der Waals surface area contributed by atoms with Gasteiger partial charge in [0.05, 0.1) is 32.6 Å². The standard InChI is InChI=1S/C29H30FN3O5/c1-36-16-15-32(29(35)22-5-4-6-23(30)17-22)19-28(34)33-27(21-9-13-25(38-3)14-10-21)18-26(31-33)20-7-11-24(37-2)12-8-20/h4-14,17,27H,15-16,18-19H2,1-3H3/t27-/m0/s1. The molecular weight excluding hydrogens is 489 g/mol. The van der Waals surface area contributed by atoms with Gasteiger partial charge in [0, 0.05) is 25.6 Å². The van der Waals surface area contributed by atoms with Crippen LogP contribution in [-0.4, -0.2) is 68.5 Å². The Labute approximate surface area is 221 Å². The minimum atomic E-state index is -0.526. The van der Waals surface area contributed by atoms with Crippen LogP contribution < -0.4 is 9.47 Å². The average Bonchev–Trinajstić information content (AvgIpc) is 3.40. The summed E-state index contributed by atoms with van der Waals surface area (Å²) >= 11 is 0. The molecule has 0 bridgehead atoms. The number of methoxy groups -OCH3 is 3. The zero-order valence-electron chi connectivity index (χ0n) is 21.6. The van der Waals surface area contributed by atoms with Crippen LogP contribution in [0.1, 0.15) is 33.9 Å². The Bertz CT molecular complexity index is 1290. The van der Waals surface area contributed by atoms with Crippen molar-refractivity contribution >= 4 is 17.5 Å². The quantitative estimate of drug-likeness (QED) is 0.399. The fourth-order valence-electron chi connectivity index (χ4n) is 4.28. The molecular formula is C29H30FN3O5. The molecule has 2 amide bonds. The fourth-order valence-corrected chi connectivity index (χ4v) is 4.28. The Morgan fingerprint density at radius 3 is 2.24 bits per heavy atom. The van der Waals surface area contributed by atoms with Crippen LogP contribution in [0.4, 0.5) is 4.39 Å². The van der Waals surface area contributed by atoms with Gasteiger partial charge >= 0.3 is 0 Å². The van der Waals surface area contributed by atoms with Crippen LogP contribution in [0.25, 0.3) is 0 Å². The molecule has 3 aromatic rings. The van der Waals surface area contributed by atoms with E-state index in [0.29, 0.717) is 12.2 Å². The highest BCUT2D eigenvalue weighted by Crippen LogP contribution is 2.34. The summed E-state index contributed by atoms with van der Waals surface area (Å²) in [7, 11) is 4.70. The lowest BCUT2D eigenvalue weighted by Gasteiger charge is -2.27. The first kappa shape index (κ1) is 26.8. The lowest BCUT2D eigenvalue weighted by Crippen LogP contribution is -2.42. The topological polar surface area (TPSA) is 80.7 Å². The molecule has 8 nitrogen and oxygen atoms in total. The molecule has 0 unspecified atom stereocenters. The molecule has 0 spiro atoms. The lowest BCUT2D eigenvalue weighted by molar-refractivity contribution is -0.133. The van der Waals surface area contributed by atoms with E-state index in [9.17, 15) is 14.0 Å². The highest BCUT2D eigenvalue weighted by molar-refractivity contribution is 6.03. The summed E-state index contributed by atoms with van der Waals surface area (Å²) in [5.74, 6) is 0.0651. The highest BCUT2D eigenvalue weighted by Gasteiger charge is 2.34. The zero-order valence-corrected chi connectivity index (χ0v) is 21.6. The van der Waals surface area contributed by atoms with E-state index < -0.39 is 11.7 Å². The minimum absolute atomic E-state index is 0.157. The Morgan fingerprint density at radius 1 is 0.974 bits per heavy atom. The van der Waals surface area contributed by atoms with Crippen molar-refractivity contribution in [1.82, 2.24) is 9.91 Å². The van der Waals surface area contributed by atoms with Crippen molar-refractivity contribution in [3.8, 4) is 11.5 Å². The molecule has 9 heteroatoms. The molecule has 1 heterocycles. The number of rotatable bonds is 10. The number of benzene rings is 3. The molecule has 4 rings (SSSR count). The predicted octanol–water partition coefficient (Wildman–Crippen LogP) is 4.31. The van der Waals surface area contributed by atoms with E-state index in [1.807, 2.05) is 48.5 Å². The molecule has 1 aliphatic rings. The minimum Gasteiger partial charge on any atom is -0.497 e. The largest absolute Gasteiger partial charge is 0.497 e. The number of halogens is 1. The highest BCUT2D eigenvalue weighted by atomic mass is 19.1. The Hall–Kier alpha value is -4.24. The Morgan fingerprint density at radius 2 is 1.63 bits per heavy atom. The first-order valence-electron chi connectivity index (χ1n) is 12.1. The number of carbonyl (C=O) groups is 2. The van der Waals surface area contributed by atoms with Crippen LogP contribution in [0, 0.1) is 5.82 Å². The second kappa shape index (κ2) is 12.3. The number of hydrazone groups is 1. The summed E-state index contributed by atoms with van der Waals surface area (Å²) in [6.45, 7) is 0.134. The summed E-state index contributed by atoms with van der Waals surface area (Å²) in [6, 6.07) is 20.0. The normalized spacial score (nSPS) is 14.7. The maximum Gasteiger partial charge on any atom is 0.262 e. The third kappa shape index (κ3) is 6.18. The maximum atomic E-state index is 13.8. The van der Waals surface area contributed by atoms with E-state index >= 15 is 0 Å². The van der Waals surface area contributed by atoms with Crippen molar-refractivity contribution in [2.24, 2.45) is 5.10 Å². The lowest BCUT2D eigenvalue weighted by atomic mass is 9.98. The number of hydrogen-bond donors (Lipinski definition) is 0. The van der Waals surface area contributed by atoms with Crippen molar-refractivity contribution in [1.29, 1.82) is 0 Å². The van der Waals surface area contributed by atoms with Crippen LogP contribution in [0.3, 0.4) is 0 Å². The van der Waals surface area contributed by atoms with Gasteiger partial charge in [-0.05, 0) is 65.7 Å². The molecule has 1 atom stereocenters. The van der Waals surface area contributed by atoms with Crippen molar-refractivity contribution in [3.05, 3.63) is 95.3 Å². The summed E-state index contributed by atoms with van der Waals surface area (Å²) in [6.07, 6.45) is 0.486. The van der Waals surface area contributed by atoms with E-state index in [1.54, 1.807) is 14.2 Å². The number of amides is 2. The van der Waals surface area contributed by atoms with Gasteiger partial charge in [-0.2, -0.15) is 5.10 Å². The first-order valence-corrected chi connectivity index (χ1v) is 12.1. The van der Waals surface area contributed by atoms with Crippen molar-refractivity contribution in [2.75, 3.05) is 41.0 Å². The third-order valence-corrected chi connectivity index (χ3v) is 6.34. The number of nitrogens with zero attached hydrogens (tertiary/aromatic N) is 3. The molecule has 0 N–H and O–H groups in total. The van der Waals surface area contributed by atoms with Gasteiger partial charge in [-0.1, -0.05) is 18.2 Å². The van der Waals surface area contributed by atoms with Gasteiger partial charge in [0.2, 0.25) is 0 Å². The number of hydrogen-bond acceptors (Lipinski definition) is 6. The third-order valence-electron chi connectivity index (χ3n) is 6.34. The molecule has 3 aromatic carbocycles. The van der Waals surface area contributed by atoms with E-state index in [-0.39, 0.29) is 37.2 Å². The van der Waals surface area contributed by atoms with Crippen LogP contribution in [0.15, 0.2) is 77.9 Å². The van der Waals surface area contributed by atoms with Crippen molar-refractivity contribution < 1.29 is 28.2 Å². The molecule has 0 saturated carbocycles. The predicted molar refractivity (Wildman–Crippen MR) is 141 cm³/mol. The van der Waals surface area contributed by atoms with Crippen LogP contribution in [0.5, 0.6) is 11.5 Å². The summed E-state index contributed by atoms with van der Waals surface area (Å²) in [5, 5.41) is 6.12. The van der Waals surface area contributed by atoms with Crippen molar-refractivity contribution in [2.45, 2.75) is 12.5 Å². The molecule has 38 heavy (non-hydrogen) atoms. The van der Waals surface area contributed by atoms with E-state index in [4.69, 9.17) is 19.3 Å². The molecule has 0 fully saturated rings. The molecule has 0 radical (unpaired) electrons. The second-order valence-corrected chi connectivity index (χ2v) is 8.74. The van der Waals surface area contributed by atoms with Gasteiger partial charge in [-0.3, -0.25) is 9.59 Å². The fraction of sp³-hybridized carbons (Fsp3) is 0.276. The smallest absolute Gasteiger partial charge is 0.262 e. The zero-order chi connectivity index (χ0) is 27.1. The van der Waals surface area contributed by atoms with E-state index in [2.05, 4.69) is 0 Å². The van der Waals surface area contributed by atoms with Gasteiger partial charge < -0.3 is 19.1 Å². The van der Waals surface area contributed by atoms with Crippen molar-refractivity contribution in [3.63, 3.8) is 0 Å². The van der Waals surface area contributed by atoms with Crippen LogP contribution in [0.2, 0.25) is 0 Å². The molecule has 1 aliphatic heterocycles. The summed E-state index contributed by atoms with van der Waals surface area (Å²) < 4.78 is 29.5. The average molecular weight is 520 g/mol.